The van der Waals surface area contributed by atoms with Crippen LogP contribution in [0.25, 0.3) is 0 Å². The number of amides is 1. The maximum atomic E-state index is 12.7. The lowest BCUT2D eigenvalue weighted by Gasteiger charge is -2.18. The normalized spacial score (nSPS) is 11.8. The van der Waals surface area contributed by atoms with Gasteiger partial charge in [0.2, 0.25) is 0 Å². The molecule has 1 aromatic carbocycles. The van der Waals surface area contributed by atoms with E-state index in [2.05, 4.69) is 10.3 Å². The monoisotopic (exact) mass is 341 g/mol. The van der Waals surface area contributed by atoms with E-state index >= 15 is 0 Å². The van der Waals surface area contributed by atoms with Gasteiger partial charge in [-0.15, -0.1) is 0 Å². The molecule has 25 heavy (non-hydrogen) atoms. The topological polar surface area (TPSA) is 77.2 Å². The fourth-order valence-corrected chi connectivity index (χ4v) is 2.55. The minimum absolute atomic E-state index is 0.115. The highest BCUT2D eigenvalue weighted by atomic mass is 16.5. The molecule has 1 amide bonds. The molecule has 0 saturated heterocycles. The van der Waals surface area contributed by atoms with Crippen LogP contribution >= 0.6 is 0 Å². The van der Waals surface area contributed by atoms with Crippen LogP contribution < -0.4 is 15.8 Å². The van der Waals surface area contributed by atoms with Crippen molar-refractivity contribution in [3.05, 3.63) is 58.9 Å². The molecular weight excluding hydrogens is 314 g/mol. The largest absolute Gasteiger partial charge is 0.493 e. The number of nitrogens with one attached hydrogen (secondary N) is 1. The number of nitrogens with two attached hydrogens (primary N) is 1. The van der Waals surface area contributed by atoms with E-state index in [-0.39, 0.29) is 11.9 Å². The van der Waals surface area contributed by atoms with Gasteiger partial charge in [-0.05, 0) is 63.1 Å². The lowest BCUT2D eigenvalue weighted by molar-refractivity contribution is 0.0934. The summed E-state index contributed by atoms with van der Waals surface area (Å²) in [4.78, 5) is 17.2. The van der Waals surface area contributed by atoms with Crippen LogP contribution in [0.3, 0.4) is 0 Å². The van der Waals surface area contributed by atoms with Gasteiger partial charge in [0.05, 0.1) is 18.3 Å². The minimum atomic E-state index is -0.126. The van der Waals surface area contributed by atoms with Crippen LogP contribution in [0.4, 0.5) is 0 Å². The number of carbonyl (C=O) groups is 1. The van der Waals surface area contributed by atoms with E-state index in [1.807, 2.05) is 51.1 Å². The Morgan fingerprint density at radius 3 is 2.76 bits per heavy atom. The molecule has 0 bridgehead atoms. The molecule has 134 valence electrons. The van der Waals surface area contributed by atoms with Crippen molar-refractivity contribution < 1.29 is 9.53 Å². The van der Waals surface area contributed by atoms with E-state index < -0.39 is 0 Å². The zero-order valence-electron chi connectivity index (χ0n) is 15.2. The SMILES string of the molecule is CCC(NC(=O)c1ccc(C)c(OCCCN)c1)c1cccc(C)n1. The Bertz CT molecular complexity index is 716. The van der Waals surface area contributed by atoms with Crippen molar-refractivity contribution in [3.63, 3.8) is 0 Å². The van der Waals surface area contributed by atoms with Crippen LogP contribution in [0.2, 0.25) is 0 Å². The molecule has 3 N–H and O–H groups in total. The van der Waals surface area contributed by atoms with Crippen molar-refractivity contribution in [2.45, 2.75) is 39.7 Å². The Morgan fingerprint density at radius 1 is 1.28 bits per heavy atom. The number of nitrogens with zero attached hydrogens (tertiary/aromatic N) is 1. The van der Waals surface area contributed by atoms with Crippen LogP contribution in [-0.4, -0.2) is 24.0 Å². The predicted molar refractivity (Wildman–Crippen MR) is 99.8 cm³/mol. The van der Waals surface area contributed by atoms with E-state index in [0.29, 0.717) is 18.7 Å². The molecular formula is C20H27N3O2. The summed E-state index contributed by atoms with van der Waals surface area (Å²) < 4.78 is 5.73. The average Bonchev–Trinajstić information content (AvgIpc) is 2.61. The molecule has 5 nitrogen and oxygen atoms in total. The summed E-state index contributed by atoms with van der Waals surface area (Å²) in [6.45, 7) is 7.08. The predicted octanol–water partition coefficient (Wildman–Crippen LogP) is 3.31. The second-order valence-electron chi connectivity index (χ2n) is 6.11. The number of benzene rings is 1. The molecule has 0 fully saturated rings. The Balaban J connectivity index is 2.12. The Morgan fingerprint density at radius 2 is 2.08 bits per heavy atom. The molecule has 0 saturated carbocycles. The molecule has 1 atom stereocenters. The van der Waals surface area contributed by atoms with Crippen LogP contribution in [0.1, 0.15) is 53.1 Å². The lowest BCUT2D eigenvalue weighted by atomic mass is 10.1. The zero-order chi connectivity index (χ0) is 18.2. The summed E-state index contributed by atoms with van der Waals surface area (Å²) in [5.41, 5.74) is 8.90. The lowest BCUT2D eigenvalue weighted by Crippen LogP contribution is -2.28. The number of aromatic nitrogens is 1. The molecule has 0 aliphatic rings. The molecule has 1 heterocycles. The first-order chi connectivity index (χ1) is 12.0. The van der Waals surface area contributed by atoms with E-state index in [0.717, 1.165) is 35.5 Å². The van der Waals surface area contributed by atoms with Gasteiger partial charge < -0.3 is 15.8 Å². The summed E-state index contributed by atoms with van der Waals surface area (Å²) in [7, 11) is 0. The first-order valence-electron chi connectivity index (χ1n) is 8.73. The molecule has 1 unspecified atom stereocenters. The molecule has 0 spiro atoms. The maximum absolute atomic E-state index is 12.7. The smallest absolute Gasteiger partial charge is 0.251 e. The van der Waals surface area contributed by atoms with E-state index in [4.69, 9.17) is 10.5 Å². The van der Waals surface area contributed by atoms with Crippen molar-refractivity contribution in [2.24, 2.45) is 5.73 Å². The van der Waals surface area contributed by atoms with Gasteiger partial charge in [0.15, 0.2) is 0 Å². The minimum Gasteiger partial charge on any atom is -0.493 e. The second-order valence-corrected chi connectivity index (χ2v) is 6.11. The number of carbonyl (C=O) groups excluding carboxylic acids is 1. The highest BCUT2D eigenvalue weighted by molar-refractivity contribution is 5.95. The second kappa shape index (κ2) is 9.18. The first kappa shape index (κ1) is 18.9. The Hall–Kier alpha value is -2.40. The van der Waals surface area contributed by atoms with Crippen LogP contribution in [0, 0.1) is 13.8 Å². The summed E-state index contributed by atoms with van der Waals surface area (Å²) in [6, 6.07) is 11.2. The van der Waals surface area contributed by atoms with E-state index in [1.54, 1.807) is 6.07 Å². The summed E-state index contributed by atoms with van der Waals surface area (Å²) in [5, 5.41) is 3.06. The van der Waals surface area contributed by atoms with Crippen molar-refractivity contribution >= 4 is 5.91 Å². The average molecular weight is 341 g/mol. The number of rotatable bonds is 8. The van der Waals surface area contributed by atoms with Gasteiger partial charge in [-0.2, -0.15) is 0 Å². The third-order valence-corrected chi connectivity index (χ3v) is 4.04. The van der Waals surface area contributed by atoms with Crippen molar-refractivity contribution in [1.82, 2.24) is 10.3 Å². The number of ether oxygens (including phenoxy) is 1. The fourth-order valence-electron chi connectivity index (χ4n) is 2.55. The summed E-state index contributed by atoms with van der Waals surface area (Å²) >= 11 is 0. The molecule has 2 aromatic rings. The molecule has 0 aliphatic carbocycles. The first-order valence-corrected chi connectivity index (χ1v) is 8.73. The molecule has 2 rings (SSSR count). The highest BCUT2D eigenvalue weighted by Crippen LogP contribution is 2.21. The number of pyridine rings is 1. The van der Waals surface area contributed by atoms with Gasteiger partial charge in [-0.25, -0.2) is 0 Å². The van der Waals surface area contributed by atoms with Gasteiger partial charge >= 0.3 is 0 Å². The van der Waals surface area contributed by atoms with Crippen molar-refractivity contribution in [2.75, 3.05) is 13.2 Å². The van der Waals surface area contributed by atoms with E-state index in [1.165, 1.54) is 0 Å². The third-order valence-electron chi connectivity index (χ3n) is 4.04. The Kier molecular flexibility index (Phi) is 6.95. The number of hydrogen-bond acceptors (Lipinski definition) is 4. The van der Waals surface area contributed by atoms with Gasteiger partial charge in [-0.1, -0.05) is 19.1 Å². The zero-order valence-corrected chi connectivity index (χ0v) is 15.2. The van der Waals surface area contributed by atoms with E-state index in [9.17, 15) is 4.79 Å². The van der Waals surface area contributed by atoms with Gasteiger partial charge in [0, 0.05) is 11.3 Å². The van der Waals surface area contributed by atoms with Crippen LogP contribution in [0.5, 0.6) is 5.75 Å². The fraction of sp³-hybridized carbons (Fsp3) is 0.400. The van der Waals surface area contributed by atoms with Crippen LogP contribution in [-0.2, 0) is 0 Å². The molecule has 0 aliphatic heterocycles. The molecule has 1 aromatic heterocycles. The number of hydrogen-bond donors (Lipinski definition) is 2. The number of aryl methyl sites for hydroxylation is 2. The van der Waals surface area contributed by atoms with Crippen LogP contribution in [0.15, 0.2) is 36.4 Å². The van der Waals surface area contributed by atoms with Gasteiger partial charge in [-0.3, -0.25) is 9.78 Å². The van der Waals surface area contributed by atoms with Gasteiger partial charge in [0.25, 0.3) is 5.91 Å². The third kappa shape index (κ3) is 5.29. The van der Waals surface area contributed by atoms with Crippen molar-refractivity contribution in [1.29, 1.82) is 0 Å². The standard InChI is InChI=1S/C20H27N3O2/c1-4-17(18-8-5-7-15(3)22-18)23-20(24)16-10-9-14(2)19(13-16)25-12-6-11-21/h5,7-10,13,17H,4,6,11-12,21H2,1-3H3,(H,23,24). The maximum Gasteiger partial charge on any atom is 0.251 e. The van der Waals surface area contributed by atoms with Crippen molar-refractivity contribution in [3.8, 4) is 5.75 Å². The Labute approximate surface area is 149 Å². The molecule has 5 heteroatoms. The summed E-state index contributed by atoms with van der Waals surface area (Å²) in [6.07, 6.45) is 1.56. The molecule has 0 radical (unpaired) electrons. The van der Waals surface area contributed by atoms with Gasteiger partial charge in [0.1, 0.15) is 5.75 Å². The summed E-state index contributed by atoms with van der Waals surface area (Å²) in [5.74, 6) is 0.599. The highest BCUT2D eigenvalue weighted by Gasteiger charge is 2.16. The quantitative estimate of drug-likeness (QED) is 0.722.